The molecule has 0 aliphatic rings. The maximum absolute atomic E-state index is 12.7. The highest BCUT2D eigenvalue weighted by molar-refractivity contribution is 7.18. The van der Waals surface area contributed by atoms with Crippen molar-refractivity contribution in [3.8, 4) is 0 Å². The number of ketones is 1. The second-order valence-corrected chi connectivity index (χ2v) is 5.94. The number of nitrogens with one attached hydrogen (secondary N) is 1. The van der Waals surface area contributed by atoms with Gasteiger partial charge in [-0.2, -0.15) is 13.2 Å². The first-order valence-electron chi connectivity index (χ1n) is 6.43. The predicted molar refractivity (Wildman–Crippen MR) is 80.2 cm³/mol. The van der Waals surface area contributed by atoms with E-state index in [0.29, 0.717) is 5.13 Å². The normalized spacial score (nSPS) is 11.7. The van der Waals surface area contributed by atoms with Crippen molar-refractivity contribution in [2.24, 2.45) is 0 Å². The molecule has 2 aromatic rings. The summed E-state index contributed by atoms with van der Waals surface area (Å²) in [5.41, 5.74) is 4.75. The lowest BCUT2D eigenvalue weighted by Crippen LogP contribution is -2.09. The van der Waals surface area contributed by atoms with Crippen LogP contribution >= 0.6 is 11.3 Å². The molecule has 0 atom stereocenters. The van der Waals surface area contributed by atoms with Crippen molar-refractivity contribution in [1.82, 2.24) is 4.98 Å². The zero-order valence-corrected chi connectivity index (χ0v) is 12.7. The molecule has 22 heavy (non-hydrogen) atoms. The minimum absolute atomic E-state index is 0.00978. The molecular formula is C14H14F3N3OS. The highest BCUT2D eigenvalue weighted by Crippen LogP contribution is 2.32. The number of alkyl halides is 3. The van der Waals surface area contributed by atoms with Gasteiger partial charge in [-0.3, -0.25) is 4.79 Å². The van der Waals surface area contributed by atoms with Gasteiger partial charge in [0.1, 0.15) is 10.7 Å². The molecule has 0 aliphatic heterocycles. The summed E-state index contributed by atoms with van der Waals surface area (Å²) in [5.74, 6) is -0.562. The number of nitrogens with zero attached hydrogens (tertiary/aromatic N) is 1. The molecule has 0 saturated heterocycles. The molecule has 1 heterocycles. The van der Waals surface area contributed by atoms with Gasteiger partial charge >= 0.3 is 6.18 Å². The number of nitrogen functional groups attached to an aromatic ring is 1. The second kappa shape index (κ2) is 5.96. The Labute approximate surface area is 129 Å². The Morgan fingerprint density at radius 1 is 1.36 bits per heavy atom. The van der Waals surface area contributed by atoms with Gasteiger partial charge in [0.05, 0.1) is 5.56 Å². The van der Waals surface area contributed by atoms with Crippen LogP contribution in [0, 0.1) is 0 Å². The summed E-state index contributed by atoms with van der Waals surface area (Å²) in [6, 6.07) is 4.35. The van der Waals surface area contributed by atoms with E-state index in [1.807, 2.05) is 13.8 Å². The van der Waals surface area contributed by atoms with Gasteiger partial charge in [0, 0.05) is 11.6 Å². The van der Waals surface area contributed by atoms with Crippen molar-refractivity contribution in [2.45, 2.75) is 26.1 Å². The van der Waals surface area contributed by atoms with Crippen molar-refractivity contribution < 1.29 is 18.0 Å². The smallest absolute Gasteiger partial charge is 0.382 e. The molecule has 2 rings (SSSR count). The van der Waals surface area contributed by atoms with Crippen LogP contribution in [-0.4, -0.2) is 16.8 Å². The molecular weight excluding hydrogens is 315 g/mol. The molecule has 0 bridgehead atoms. The van der Waals surface area contributed by atoms with Gasteiger partial charge in [-0.1, -0.05) is 23.5 Å². The third-order valence-electron chi connectivity index (χ3n) is 2.72. The number of hydrogen-bond acceptors (Lipinski definition) is 5. The predicted octanol–water partition coefficient (Wildman–Crippen LogP) is 3.80. The number of rotatable bonds is 4. The van der Waals surface area contributed by atoms with Crippen LogP contribution < -0.4 is 11.1 Å². The van der Waals surface area contributed by atoms with E-state index in [-0.39, 0.29) is 22.3 Å². The van der Waals surface area contributed by atoms with Gasteiger partial charge in [-0.05, 0) is 26.0 Å². The summed E-state index contributed by atoms with van der Waals surface area (Å²) in [6.07, 6.45) is -4.50. The van der Waals surface area contributed by atoms with Gasteiger partial charge < -0.3 is 11.1 Å². The minimum atomic E-state index is -4.50. The molecule has 0 saturated carbocycles. The average Bonchev–Trinajstić information content (AvgIpc) is 2.77. The van der Waals surface area contributed by atoms with Crippen LogP contribution in [-0.2, 0) is 6.18 Å². The van der Waals surface area contributed by atoms with E-state index in [2.05, 4.69) is 10.3 Å². The lowest BCUT2D eigenvalue weighted by atomic mass is 10.1. The van der Waals surface area contributed by atoms with Crippen molar-refractivity contribution in [3.63, 3.8) is 0 Å². The zero-order valence-electron chi connectivity index (χ0n) is 11.9. The molecule has 1 aromatic carbocycles. The van der Waals surface area contributed by atoms with Gasteiger partial charge in [0.25, 0.3) is 0 Å². The third-order valence-corrected chi connectivity index (χ3v) is 3.72. The number of anilines is 2. The van der Waals surface area contributed by atoms with Crippen LogP contribution in [0.5, 0.6) is 0 Å². The summed E-state index contributed by atoms with van der Waals surface area (Å²) in [5, 5.41) is 3.46. The molecule has 0 spiro atoms. The Hall–Kier alpha value is -2.09. The van der Waals surface area contributed by atoms with Crippen molar-refractivity contribution in [2.75, 3.05) is 11.1 Å². The van der Waals surface area contributed by atoms with Crippen LogP contribution in [0.3, 0.4) is 0 Å². The van der Waals surface area contributed by atoms with Gasteiger partial charge in [-0.25, -0.2) is 4.98 Å². The topological polar surface area (TPSA) is 68.0 Å². The molecule has 0 aliphatic carbocycles. The Morgan fingerprint density at radius 2 is 2.05 bits per heavy atom. The summed E-state index contributed by atoms with van der Waals surface area (Å²) in [6.45, 7) is 3.79. The fourth-order valence-corrected chi connectivity index (χ4v) is 2.76. The van der Waals surface area contributed by atoms with E-state index in [0.717, 1.165) is 23.5 Å². The fourth-order valence-electron chi connectivity index (χ4n) is 1.77. The standard InChI is InChI=1S/C14H14F3N3OS/c1-7(2)19-13-20-12(18)11(22-13)10(21)8-4-3-5-9(6-8)14(15,16)17/h3-7H,18H2,1-2H3,(H,19,20). The summed E-state index contributed by atoms with van der Waals surface area (Å²) in [4.78, 5) is 16.5. The highest BCUT2D eigenvalue weighted by Gasteiger charge is 2.31. The third kappa shape index (κ3) is 3.56. The maximum atomic E-state index is 12.7. The first-order chi connectivity index (χ1) is 10.2. The lowest BCUT2D eigenvalue weighted by Gasteiger charge is -2.07. The number of hydrogen-bond donors (Lipinski definition) is 2. The Bertz CT molecular complexity index is 695. The molecule has 1 aromatic heterocycles. The second-order valence-electron chi connectivity index (χ2n) is 4.94. The SMILES string of the molecule is CC(C)Nc1nc(N)c(C(=O)c2cccc(C(F)(F)F)c2)s1. The fraction of sp³-hybridized carbons (Fsp3) is 0.286. The van der Waals surface area contributed by atoms with Crippen LogP contribution in [0.25, 0.3) is 0 Å². The summed E-state index contributed by atoms with van der Waals surface area (Å²) in [7, 11) is 0. The molecule has 0 fully saturated rings. The Balaban J connectivity index is 2.34. The monoisotopic (exact) mass is 329 g/mol. The van der Waals surface area contributed by atoms with E-state index in [9.17, 15) is 18.0 Å². The van der Waals surface area contributed by atoms with Gasteiger partial charge in [0.15, 0.2) is 5.13 Å². The van der Waals surface area contributed by atoms with Crippen LogP contribution in [0.15, 0.2) is 24.3 Å². The van der Waals surface area contributed by atoms with Crippen LogP contribution in [0.1, 0.15) is 34.6 Å². The molecule has 118 valence electrons. The molecule has 0 unspecified atom stereocenters. The van der Waals surface area contributed by atoms with Crippen molar-refractivity contribution in [1.29, 1.82) is 0 Å². The maximum Gasteiger partial charge on any atom is 0.416 e. The number of benzene rings is 1. The van der Waals surface area contributed by atoms with Crippen molar-refractivity contribution >= 4 is 28.1 Å². The number of aromatic nitrogens is 1. The number of nitrogens with two attached hydrogens (primary N) is 1. The van der Waals surface area contributed by atoms with E-state index in [4.69, 9.17) is 5.73 Å². The van der Waals surface area contributed by atoms with E-state index >= 15 is 0 Å². The number of carbonyl (C=O) groups excluding carboxylic acids is 1. The molecule has 3 N–H and O–H groups in total. The quantitative estimate of drug-likeness (QED) is 0.837. The molecule has 8 heteroatoms. The molecule has 0 amide bonds. The van der Waals surface area contributed by atoms with Gasteiger partial charge in [-0.15, -0.1) is 0 Å². The minimum Gasteiger partial charge on any atom is -0.382 e. The lowest BCUT2D eigenvalue weighted by molar-refractivity contribution is -0.137. The van der Waals surface area contributed by atoms with E-state index < -0.39 is 17.5 Å². The van der Waals surface area contributed by atoms with Crippen molar-refractivity contribution in [3.05, 3.63) is 40.3 Å². The Kier molecular flexibility index (Phi) is 4.41. The largest absolute Gasteiger partial charge is 0.416 e. The average molecular weight is 329 g/mol. The van der Waals surface area contributed by atoms with Crippen LogP contribution in [0.4, 0.5) is 24.1 Å². The highest BCUT2D eigenvalue weighted by atomic mass is 32.1. The molecule has 0 radical (unpaired) electrons. The van der Waals surface area contributed by atoms with E-state index in [1.165, 1.54) is 12.1 Å². The number of carbonyl (C=O) groups is 1. The van der Waals surface area contributed by atoms with E-state index in [1.54, 1.807) is 0 Å². The first-order valence-corrected chi connectivity index (χ1v) is 7.25. The number of thiazole rings is 1. The molecule has 4 nitrogen and oxygen atoms in total. The zero-order chi connectivity index (χ0) is 16.5. The summed E-state index contributed by atoms with van der Waals surface area (Å²) >= 11 is 1.03. The number of halogens is 3. The first kappa shape index (κ1) is 16.3. The Morgan fingerprint density at radius 3 is 2.64 bits per heavy atom. The van der Waals surface area contributed by atoms with Gasteiger partial charge in [0.2, 0.25) is 5.78 Å². The van der Waals surface area contributed by atoms with Crippen LogP contribution in [0.2, 0.25) is 0 Å². The summed E-state index contributed by atoms with van der Waals surface area (Å²) < 4.78 is 38.1.